The molecular formula is C27H27N5O. The van der Waals surface area contributed by atoms with Crippen LogP contribution in [0.25, 0.3) is 22.5 Å². The van der Waals surface area contributed by atoms with Gasteiger partial charge in [0.2, 0.25) is 5.91 Å². The van der Waals surface area contributed by atoms with Crippen LogP contribution in [0, 0.1) is 6.92 Å². The lowest BCUT2D eigenvalue weighted by Crippen LogP contribution is -2.26. The number of carbonyl (C=O) groups is 1. The number of hydrogen-bond acceptors (Lipinski definition) is 4. The van der Waals surface area contributed by atoms with Crippen molar-refractivity contribution in [2.24, 2.45) is 7.05 Å². The summed E-state index contributed by atoms with van der Waals surface area (Å²) >= 11 is 0. The largest absolute Gasteiger partial charge is 0.292 e. The van der Waals surface area contributed by atoms with Gasteiger partial charge in [0.25, 0.3) is 0 Å². The summed E-state index contributed by atoms with van der Waals surface area (Å²) in [6, 6.07) is 16.5. The van der Waals surface area contributed by atoms with E-state index in [0.717, 1.165) is 39.3 Å². The number of aryl methyl sites for hydroxylation is 1. The molecule has 0 aliphatic carbocycles. The Hall–Kier alpha value is -3.80. The van der Waals surface area contributed by atoms with Gasteiger partial charge in [0.1, 0.15) is 5.82 Å². The van der Waals surface area contributed by atoms with Crippen LogP contribution in [0.15, 0.2) is 60.9 Å². The highest BCUT2D eigenvalue weighted by molar-refractivity contribution is 6.00. The Labute approximate surface area is 193 Å². The lowest BCUT2D eigenvalue weighted by molar-refractivity contribution is -0.117. The van der Waals surface area contributed by atoms with E-state index in [4.69, 9.17) is 4.98 Å². The van der Waals surface area contributed by atoms with E-state index in [2.05, 4.69) is 67.3 Å². The lowest BCUT2D eigenvalue weighted by Gasteiger charge is -2.18. The van der Waals surface area contributed by atoms with Gasteiger partial charge in [0.05, 0.1) is 19.2 Å². The first-order chi connectivity index (χ1) is 15.9. The summed E-state index contributed by atoms with van der Waals surface area (Å²) in [6.45, 7) is 6.88. The van der Waals surface area contributed by atoms with Gasteiger partial charge in [-0.05, 0) is 29.5 Å². The molecule has 1 amide bonds. The van der Waals surface area contributed by atoms with E-state index < -0.39 is 0 Å². The minimum Gasteiger partial charge on any atom is -0.292 e. The Morgan fingerprint density at radius 3 is 2.45 bits per heavy atom. The van der Waals surface area contributed by atoms with Gasteiger partial charge < -0.3 is 0 Å². The van der Waals surface area contributed by atoms with Gasteiger partial charge in [-0.15, -0.1) is 0 Å². The molecule has 0 radical (unpaired) electrons. The first kappa shape index (κ1) is 21.1. The molecule has 0 bridgehead atoms. The molecule has 4 aromatic rings. The molecule has 0 atom stereocenters. The zero-order chi connectivity index (χ0) is 23.1. The second-order valence-corrected chi connectivity index (χ2v) is 8.91. The average Bonchev–Trinajstić information content (AvgIpc) is 3.32. The number of hydrogen-bond donors (Lipinski definition) is 0. The van der Waals surface area contributed by atoms with Gasteiger partial charge in [-0.2, -0.15) is 5.10 Å². The van der Waals surface area contributed by atoms with Crippen molar-refractivity contribution in [3.63, 3.8) is 0 Å². The summed E-state index contributed by atoms with van der Waals surface area (Å²) in [7, 11) is 1.94. The number of fused-ring (bicyclic) bond motifs is 1. The summed E-state index contributed by atoms with van der Waals surface area (Å²) < 4.78 is 1.87. The highest BCUT2D eigenvalue weighted by Gasteiger charge is 2.30. The quantitative estimate of drug-likeness (QED) is 0.438. The molecule has 0 fully saturated rings. The lowest BCUT2D eigenvalue weighted by atomic mass is 9.97. The number of carbonyl (C=O) groups excluding carboxylic acids is 1. The molecule has 166 valence electrons. The van der Waals surface area contributed by atoms with E-state index >= 15 is 0 Å². The Morgan fingerprint density at radius 2 is 1.76 bits per heavy atom. The summed E-state index contributed by atoms with van der Waals surface area (Å²) in [6.07, 6.45) is 4.04. The molecule has 3 heterocycles. The summed E-state index contributed by atoms with van der Waals surface area (Å²) in [5.41, 5.74) is 7.52. The molecule has 5 rings (SSSR count). The molecule has 0 saturated heterocycles. The Morgan fingerprint density at radius 1 is 1.00 bits per heavy atom. The molecule has 6 nitrogen and oxygen atoms in total. The first-order valence-electron chi connectivity index (χ1n) is 11.3. The van der Waals surface area contributed by atoms with Crippen LogP contribution in [0.2, 0.25) is 0 Å². The predicted molar refractivity (Wildman–Crippen MR) is 130 cm³/mol. The summed E-state index contributed by atoms with van der Waals surface area (Å²) in [5.74, 6) is 1.80. The molecule has 0 spiro atoms. The van der Waals surface area contributed by atoms with Gasteiger partial charge in [-0.25, -0.2) is 9.97 Å². The van der Waals surface area contributed by atoms with Crippen LogP contribution in [0.1, 0.15) is 42.1 Å². The number of rotatable bonds is 5. The molecule has 2 aromatic carbocycles. The van der Waals surface area contributed by atoms with E-state index in [9.17, 15) is 4.79 Å². The summed E-state index contributed by atoms with van der Waals surface area (Å²) in [4.78, 5) is 24.1. The fourth-order valence-electron chi connectivity index (χ4n) is 4.38. The molecule has 0 unspecified atom stereocenters. The average molecular weight is 438 g/mol. The molecule has 0 N–H and O–H groups in total. The highest BCUT2D eigenvalue weighted by atomic mass is 16.2. The number of nitrogens with zero attached hydrogens (tertiary/aromatic N) is 5. The van der Waals surface area contributed by atoms with Crippen molar-refractivity contribution in [1.29, 1.82) is 0 Å². The van der Waals surface area contributed by atoms with E-state index in [0.29, 0.717) is 24.7 Å². The first-order valence-corrected chi connectivity index (χ1v) is 11.3. The van der Waals surface area contributed by atoms with Crippen molar-refractivity contribution in [1.82, 2.24) is 19.7 Å². The minimum atomic E-state index is 0.0563. The standard InChI is InChI=1S/C27H27N5O/c1-17(2)22-7-5-6-8-23(22)26-28-14-21-13-25(33)32(27(21)30-26)16-19-9-11-20(12-10-19)24-15-29-31(4)18(24)3/h5-12,14-15,17H,13,16H2,1-4H3. The topological polar surface area (TPSA) is 63.9 Å². The molecular weight excluding hydrogens is 410 g/mol. The van der Waals surface area contributed by atoms with Crippen LogP contribution in [-0.4, -0.2) is 25.7 Å². The maximum Gasteiger partial charge on any atom is 0.233 e. The normalized spacial score (nSPS) is 13.1. The highest BCUT2D eigenvalue weighted by Crippen LogP contribution is 2.33. The van der Waals surface area contributed by atoms with Crippen LogP contribution in [0.3, 0.4) is 0 Å². The van der Waals surface area contributed by atoms with Crippen LogP contribution < -0.4 is 4.90 Å². The number of benzene rings is 2. The Kier molecular flexibility index (Phi) is 5.29. The van der Waals surface area contributed by atoms with Crippen LogP contribution in [0.5, 0.6) is 0 Å². The monoisotopic (exact) mass is 437 g/mol. The van der Waals surface area contributed by atoms with Crippen molar-refractivity contribution >= 4 is 11.7 Å². The molecule has 1 aliphatic rings. The molecule has 2 aromatic heterocycles. The van der Waals surface area contributed by atoms with E-state index in [1.54, 1.807) is 11.1 Å². The van der Waals surface area contributed by atoms with Crippen LogP contribution in [0.4, 0.5) is 5.82 Å². The molecule has 33 heavy (non-hydrogen) atoms. The van der Waals surface area contributed by atoms with Crippen molar-refractivity contribution in [3.8, 4) is 22.5 Å². The third-order valence-corrected chi connectivity index (χ3v) is 6.40. The number of aromatic nitrogens is 4. The van der Waals surface area contributed by atoms with Crippen molar-refractivity contribution < 1.29 is 4.79 Å². The molecule has 6 heteroatoms. The van der Waals surface area contributed by atoms with Crippen molar-refractivity contribution in [2.75, 3.05) is 4.90 Å². The van der Waals surface area contributed by atoms with E-state index in [-0.39, 0.29) is 5.91 Å². The number of amides is 1. The fourth-order valence-corrected chi connectivity index (χ4v) is 4.38. The SMILES string of the molecule is Cc1c(-c2ccc(CN3C(=O)Cc4cnc(-c5ccccc5C(C)C)nc43)cc2)cnn1C. The van der Waals surface area contributed by atoms with Gasteiger partial charge in [-0.1, -0.05) is 62.4 Å². The zero-order valence-electron chi connectivity index (χ0n) is 19.4. The second kappa shape index (κ2) is 8.28. The third kappa shape index (κ3) is 3.82. The van der Waals surface area contributed by atoms with Gasteiger partial charge in [-0.3, -0.25) is 14.4 Å². The zero-order valence-corrected chi connectivity index (χ0v) is 19.4. The van der Waals surface area contributed by atoms with E-state index in [1.165, 1.54) is 5.56 Å². The predicted octanol–water partition coefficient (Wildman–Crippen LogP) is 5.07. The molecule has 0 saturated carbocycles. The van der Waals surface area contributed by atoms with Crippen LogP contribution in [-0.2, 0) is 24.8 Å². The van der Waals surface area contributed by atoms with E-state index in [1.807, 2.05) is 30.1 Å². The smallest absolute Gasteiger partial charge is 0.233 e. The van der Waals surface area contributed by atoms with Gasteiger partial charge in [0, 0.05) is 35.6 Å². The Bertz CT molecular complexity index is 1340. The van der Waals surface area contributed by atoms with Crippen LogP contribution >= 0.6 is 0 Å². The maximum absolute atomic E-state index is 12.8. The fraction of sp³-hybridized carbons (Fsp3) is 0.259. The number of anilines is 1. The van der Waals surface area contributed by atoms with Crippen molar-refractivity contribution in [2.45, 2.75) is 39.7 Å². The Balaban J connectivity index is 1.44. The third-order valence-electron chi connectivity index (χ3n) is 6.40. The molecule has 1 aliphatic heterocycles. The van der Waals surface area contributed by atoms with Crippen molar-refractivity contribution in [3.05, 3.63) is 83.3 Å². The van der Waals surface area contributed by atoms with Gasteiger partial charge >= 0.3 is 0 Å². The minimum absolute atomic E-state index is 0.0563. The second-order valence-electron chi connectivity index (χ2n) is 8.91. The maximum atomic E-state index is 12.8. The van der Waals surface area contributed by atoms with Gasteiger partial charge in [0.15, 0.2) is 5.82 Å². The summed E-state index contributed by atoms with van der Waals surface area (Å²) in [5, 5.41) is 4.33.